The lowest BCUT2D eigenvalue weighted by Gasteiger charge is -2.34. The number of piperazine rings is 1. The number of amides is 1. The monoisotopic (exact) mass is 319 g/mol. The van der Waals surface area contributed by atoms with Gasteiger partial charge in [0, 0.05) is 45.7 Å². The molecule has 2 rings (SSSR count). The van der Waals surface area contributed by atoms with Crippen LogP contribution in [0.25, 0.3) is 0 Å². The van der Waals surface area contributed by atoms with E-state index in [4.69, 9.17) is 4.74 Å². The maximum atomic E-state index is 12.1. The Hall–Kier alpha value is -1.59. The average molecular weight is 319 g/mol. The predicted molar refractivity (Wildman–Crippen MR) is 92.8 cm³/mol. The molecule has 0 N–H and O–H groups in total. The summed E-state index contributed by atoms with van der Waals surface area (Å²) in [6.45, 7) is 8.02. The molecule has 1 aliphatic rings. The maximum Gasteiger partial charge on any atom is 0.409 e. The molecule has 0 radical (unpaired) electrons. The topological polar surface area (TPSA) is 36.0 Å². The summed E-state index contributed by atoms with van der Waals surface area (Å²) in [7, 11) is 4.17. The van der Waals surface area contributed by atoms with Crippen molar-refractivity contribution in [1.82, 2.24) is 14.7 Å². The highest BCUT2D eigenvalue weighted by atomic mass is 16.6. The van der Waals surface area contributed by atoms with Crippen LogP contribution >= 0.6 is 0 Å². The van der Waals surface area contributed by atoms with Crippen LogP contribution < -0.4 is 0 Å². The summed E-state index contributed by atoms with van der Waals surface area (Å²) in [6.07, 6.45) is 0.596. The maximum absolute atomic E-state index is 12.1. The highest BCUT2D eigenvalue weighted by molar-refractivity contribution is 5.67. The third-order valence-electron chi connectivity index (χ3n) is 4.23. The molecule has 0 aromatic heterocycles. The second-order valence-electron chi connectivity index (χ2n) is 6.48. The Balaban J connectivity index is 1.64. The number of nitrogens with zero attached hydrogens (tertiary/aromatic N) is 3. The zero-order chi connectivity index (χ0) is 16.7. The molecule has 1 aromatic carbocycles. The first-order valence-electron chi connectivity index (χ1n) is 8.39. The van der Waals surface area contributed by atoms with Gasteiger partial charge in [-0.1, -0.05) is 29.8 Å². The van der Waals surface area contributed by atoms with Crippen LogP contribution in [-0.2, 0) is 11.2 Å². The minimum Gasteiger partial charge on any atom is -0.449 e. The summed E-state index contributed by atoms with van der Waals surface area (Å²) in [5, 5.41) is 0. The van der Waals surface area contributed by atoms with Gasteiger partial charge in [-0.2, -0.15) is 0 Å². The molecule has 1 heterocycles. The van der Waals surface area contributed by atoms with Gasteiger partial charge in [0.25, 0.3) is 0 Å². The van der Waals surface area contributed by atoms with Crippen molar-refractivity contribution in [3.8, 4) is 0 Å². The molecular formula is C18H29N3O2. The first-order chi connectivity index (χ1) is 11.0. The SMILES string of the molecule is Cc1ccc(CCOC(=O)N2CCN(CCN(C)C)CC2)cc1. The summed E-state index contributed by atoms with van der Waals surface area (Å²) < 4.78 is 5.41. The van der Waals surface area contributed by atoms with Crippen molar-refractivity contribution in [2.24, 2.45) is 0 Å². The Labute approximate surface area is 139 Å². The quantitative estimate of drug-likeness (QED) is 0.802. The number of ether oxygens (including phenoxy) is 1. The van der Waals surface area contributed by atoms with Crippen LogP contribution in [0.3, 0.4) is 0 Å². The second kappa shape index (κ2) is 8.89. The molecule has 0 unspecified atom stereocenters. The van der Waals surface area contributed by atoms with E-state index in [2.05, 4.69) is 55.1 Å². The lowest BCUT2D eigenvalue weighted by Crippen LogP contribution is -2.50. The summed E-state index contributed by atoms with van der Waals surface area (Å²) in [5.41, 5.74) is 2.45. The second-order valence-corrected chi connectivity index (χ2v) is 6.48. The van der Waals surface area contributed by atoms with Crippen molar-refractivity contribution < 1.29 is 9.53 Å². The van der Waals surface area contributed by atoms with Crippen molar-refractivity contribution in [1.29, 1.82) is 0 Å². The molecule has 1 fully saturated rings. The van der Waals surface area contributed by atoms with E-state index < -0.39 is 0 Å². The first kappa shape index (κ1) is 17.8. The van der Waals surface area contributed by atoms with Gasteiger partial charge in [-0.25, -0.2) is 4.79 Å². The summed E-state index contributed by atoms with van der Waals surface area (Å²) in [5.74, 6) is 0. The van der Waals surface area contributed by atoms with Crippen LogP contribution in [0.1, 0.15) is 11.1 Å². The van der Waals surface area contributed by atoms with Crippen LogP contribution in [0.5, 0.6) is 0 Å². The van der Waals surface area contributed by atoms with E-state index in [1.807, 2.05) is 4.90 Å². The molecule has 1 saturated heterocycles. The molecule has 1 aliphatic heterocycles. The van der Waals surface area contributed by atoms with E-state index in [0.29, 0.717) is 6.61 Å². The lowest BCUT2D eigenvalue weighted by molar-refractivity contribution is 0.0754. The first-order valence-corrected chi connectivity index (χ1v) is 8.39. The molecule has 0 bridgehead atoms. The van der Waals surface area contributed by atoms with E-state index in [1.54, 1.807) is 0 Å². The van der Waals surface area contributed by atoms with Crippen molar-refractivity contribution in [3.63, 3.8) is 0 Å². The fourth-order valence-electron chi connectivity index (χ4n) is 2.60. The van der Waals surface area contributed by atoms with Gasteiger partial charge in [0.05, 0.1) is 6.61 Å². The normalized spacial score (nSPS) is 15.9. The van der Waals surface area contributed by atoms with Gasteiger partial charge in [-0.3, -0.25) is 4.90 Å². The Kier molecular flexibility index (Phi) is 6.86. The molecule has 1 aromatic rings. The van der Waals surface area contributed by atoms with Crippen LogP contribution in [0.2, 0.25) is 0 Å². The van der Waals surface area contributed by atoms with Crippen LogP contribution in [0.15, 0.2) is 24.3 Å². The molecular weight excluding hydrogens is 290 g/mol. The zero-order valence-electron chi connectivity index (χ0n) is 14.6. The highest BCUT2D eigenvalue weighted by Crippen LogP contribution is 2.06. The van der Waals surface area contributed by atoms with E-state index in [-0.39, 0.29) is 6.09 Å². The lowest BCUT2D eigenvalue weighted by atomic mass is 10.1. The van der Waals surface area contributed by atoms with Gasteiger partial charge < -0.3 is 14.5 Å². The van der Waals surface area contributed by atoms with E-state index in [0.717, 1.165) is 45.7 Å². The molecule has 5 nitrogen and oxygen atoms in total. The molecule has 1 amide bonds. The largest absolute Gasteiger partial charge is 0.449 e. The predicted octanol–water partition coefficient (Wildman–Crippen LogP) is 1.85. The smallest absolute Gasteiger partial charge is 0.409 e. The number of likely N-dealkylation sites (N-methyl/N-ethyl adjacent to an activating group) is 1. The van der Waals surface area contributed by atoms with Crippen LogP contribution in [-0.4, -0.2) is 80.8 Å². The summed E-state index contributed by atoms with van der Waals surface area (Å²) in [4.78, 5) is 18.5. The van der Waals surface area contributed by atoms with Crippen molar-refractivity contribution in [3.05, 3.63) is 35.4 Å². The Morgan fingerprint density at radius 2 is 1.78 bits per heavy atom. The fraction of sp³-hybridized carbons (Fsp3) is 0.611. The number of aryl methyl sites for hydroxylation is 1. The summed E-state index contributed by atoms with van der Waals surface area (Å²) in [6, 6.07) is 8.35. The molecule has 23 heavy (non-hydrogen) atoms. The third kappa shape index (κ3) is 6.20. The van der Waals surface area contributed by atoms with Gasteiger partial charge in [0.1, 0.15) is 0 Å². The fourth-order valence-corrected chi connectivity index (χ4v) is 2.60. The van der Waals surface area contributed by atoms with Gasteiger partial charge in [0.2, 0.25) is 0 Å². The van der Waals surface area contributed by atoms with Crippen molar-refractivity contribution in [2.75, 3.05) is 60.0 Å². The third-order valence-corrected chi connectivity index (χ3v) is 4.23. The van der Waals surface area contributed by atoms with E-state index in [1.165, 1.54) is 11.1 Å². The average Bonchev–Trinajstić information content (AvgIpc) is 2.55. The number of carbonyl (C=O) groups excluding carboxylic acids is 1. The number of rotatable bonds is 6. The molecule has 0 saturated carbocycles. The van der Waals surface area contributed by atoms with Crippen LogP contribution in [0, 0.1) is 6.92 Å². The van der Waals surface area contributed by atoms with E-state index in [9.17, 15) is 4.79 Å². The summed E-state index contributed by atoms with van der Waals surface area (Å²) >= 11 is 0. The van der Waals surface area contributed by atoms with Gasteiger partial charge in [0.15, 0.2) is 0 Å². The number of hydrogen-bond donors (Lipinski definition) is 0. The Morgan fingerprint density at radius 3 is 2.39 bits per heavy atom. The molecule has 0 atom stereocenters. The number of hydrogen-bond acceptors (Lipinski definition) is 4. The molecule has 0 aliphatic carbocycles. The number of benzene rings is 1. The number of carbonyl (C=O) groups is 1. The minimum absolute atomic E-state index is 0.177. The molecule has 5 heteroatoms. The van der Waals surface area contributed by atoms with Crippen molar-refractivity contribution in [2.45, 2.75) is 13.3 Å². The minimum atomic E-state index is -0.177. The molecule has 0 spiro atoms. The van der Waals surface area contributed by atoms with Gasteiger partial charge in [-0.15, -0.1) is 0 Å². The standard InChI is InChI=1S/C18H29N3O2/c1-16-4-6-17(7-5-16)8-15-23-18(22)21-13-11-20(12-14-21)10-9-19(2)3/h4-7H,8-15H2,1-3H3. The Bertz CT molecular complexity index is 480. The zero-order valence-corrected chi connectivity index (χ0v) is 14.6. The Morgan fingerprint density at radius 1 is 1.13 bits per heavy atom. The molecule has 128 valence electrons. The highest BCUT2D eigenvalue weighted by Gasteiger charge is 2.21. The van der Waals surface area contributed by atoms with Crippen molar-refractivity contribution >= 4 is 6.09 Å². The van der Waals surface area contributed by atoms with Gasteiger partial charge >= 0.3 is 6.09 Å². The van der Waals surface area contributed by atoms with E-state index >= 15 is 0 Å². The van der Waals surface area contributed by atoms with Gasteiger partial charge in [-0.05, 0) is 26.6 Å². The van der Waals surface area contributed by atoms with Crippen LogP contribution in [0.4, 0.5) is 4.79 Å².